The number of hydrogen-bond donors (Lipinski definition) is 1. The normalized spacial score (nSPS) is 11.6. The number of hydrogen-bond acceptors (Lipinski definition) is 4. The fourth-order valence-electron chi connectivity index (χ4n) is 3.52. The van der Waals surface area contributed by atoms with Crippen molar-refractivity contribution in [1.29, 1.82) is 0 Å². The van der Waals surface area contributed by atoms with Crippen molar-refractivity contribution in [2.24, 2.45) is 0 Å². The monoisotopic (exact) mass is 457 g/mol. The van der Waals surface area contributed by atoms with Crippen molar-refractivity contribution in [3.8, 4) is 0 Å². The Balaban J connectivity index is 2.24. The van der Waals surface area contributed by atoms with Crippen LogP contribution >= 0.6 is 23.5 Å². The standard InChI is InChI=1S/C26H35NO2S2/c1-15(2)19-11-9-12-20(16(3)4)23(19)30-25(28)27-26(29)31-24-21(17(5)6)13-10-14-22(24)18(7)8/h9-18H,1-8H3,(H,27,28,29). The zero-order chi connectivity index (χ0) is 23.3. The number of benzene rings is 2. The second-order valence-electron chi connectivity index (χ2n) is 9.05. The molecule has 0 aromatic heterocycles. The molecule has 0 aliphatic rings. The van der Waals surface area contributed by atoms with E-state index in [1.54, 1.807) is 0 Å². The van der Waals surface area contributed by atoms with Crippen molar-refractivity contribution >= 4 is 34.0 Å². The van der Waals surface area contributed by atoms with Crippen LogP contribution in [-0.2, 0) is 0 Å². The topological polar surface area (TPSA) is 46.2 Å². The van der Waals surface area contributed by atoms with Gasteiger partial charge in [0.05, 0.1) is 0 Å². The SMILES string of the molecule is CC(C)c1cccc(C(C)C)c1SC(=O)NC(=O)Sc1c(C(C)C)cccc1C(C)C. The molecule has 0 heterocycles. The predicted molar refractivity (Wildman–Crippen MR) is 135 cm³/mol. The van der Waals surface area contributed by atoms with E-state index in [-0.39, 0.29) is 10.5 Å². The number of amides is 2. The quantitative estimate of drug-likeness (QED) is 0.440. The van der Waals surface area contributed by atoms with Gasteiger partial charge >= 0.3 is 0 Å². The summed E-state index contributed by atoms with van der Waals surface area (Å²) in [6.07, 6.45) is 0. The van der Waals surface area contributed by atoms with Crippen molar-refractivity contribution in [2.45, 2.75) is 88.9 Å². The lowest BCUT2D eigenvalue weighted by Gasteiger charge is -2.19. The molecule has 0 fully saturated rings. The van der Waals surface area contributed by atoms with Gasteiger partial charge in [0, 0.05) is 9.79 Å². The zero-order valence-electron chi connectivity index (χ0n) is 19.9. The highest BCUT2D eigenvalue weighted by Gasteiger charge is 2.21. The van der Waals surface area contributed by atoms with Crippen molar-refractivity contribution in [3.05, 3.63) is 58.7 Å². The van der Waals surface area contributed by atoms with Gasteiger partial charge in [0.1, 0.15) is 0 Å². The van der Waals surface area contributed by atoms with Crippen LogP contribution in [0, 0.1) is 0 Å². The van der Waals surface area contributed by atoms with Crippen molar-refractivity contribution in [3.63, 3.8) is 0 Å². The van der Waals surface area contributed by atoms with Gasteiger partial charge in [0.2, 0.25) is 0 Å². The maximum absolute atomic E-state index is 12.8. The first-order valence-corrected chi connectivity index (χ1v) is 12.6. The van der Waals surface area contributed by atoms with E-state index in [0.717, 1.165) is 55.6 Å². The molecule has 0 spiro atoms. The molecule has 0 unspecified atom stereocenters. The van der Waals surface area contributed by atoms with E-state index in [1.807, 2.05) is 12.1 Å². The summed E-state index contributed by atoms with van der Waals surface area (Å²) in [6.45, 7) is 17.0. The third-order valence-electron chi connectivity index (χ3n) is 5.23. The van der Waals surface area contributed by atoms with Crippen molar-refractivity contribution in [2.75, 3.05) is 0 Å². The smallest absolute Gasteiger partial charge is 0.277 e. The molecule has 5 heteroatoms. The lowest BCUT2D eigenvalue weighted by atomic mass is 9.95. The molecule has 31 heavy (non-hydrogen) atoms. The third kappa shape index (κ3) is 6.63. The van der Waals surface area contributed by atoms with Crippen molar-refractivity contribution in [1.82, 2.24) is 5.32 Å². The first kappa shape index (κ1) is 25.5. The average molecular weight is 458 g/mol. The van der Waals surface area contributed by atoms with Gasteiger partial charge < -0.3 is 0 Å². The van der Waals surface area contributed by atoms with Gasteiger partial charge in [0.15, 0.2) is 0 Å². The highest BCUT2D eigenvalue weighted by atomic mass is 32.2. The summed E-state index contributed by atoms with van der Waals surface area (Å²) in [4.78, 5) is 27.6. The zero-order valence-corrected chi connectivity index (χ0v) is 21.5. The van der Waals surface area contributed by atoms with E-state index < -0.39 is 0 Å². The Morgan fingerprint density at radius 1 is 0.581 bits per heavy atom. The number of rotatable bonds is 6. The Kier molecular flexibility index (Phi) is 9.26. The van der Waals surface area contributed by atoms with Gasteiger partial charge in [0.25, 0.3) is 10.5 Å². The van der Waals surface area contributed by atoms with Crippen LogP contribution in [0.5, 0.6) is 0 Å². The second kappa shape index (κ2) is 11.2. The highest BCUT2D eigenvalue weighted by molar-refractivity contribution is 8.15. The van der Waals surface area contributed by atoms with Crippen LogP contribution in [0.15, 0.2) is 46.2 Å². The predicted octanol–water partition coefficient (Wildman–Crippen LogP) is 8.89. The summed E-state index contributed by atoms with van der Waals surface area (Å²) >= 11 is 2.26. The summed E-state index contributed by atoms with van der Waals surface area (Å²) in [5.74, 6) is 1.19. The molecular weight excluding hydrogens is 422 g/mol. The van der Waals surface area contributed by atoms with E-state index in [9.17, 15) is 9.59 Å². The molecule has 0 radical (unpaired) electrons. The first-order chi connectivity index (χ1) is 14.5. The average Bonchev–Trinajstić information content (AvgIpc) is 2.67. The van der Waals surface area contributed by atoms with Crippen LogP contribution in [0.1, 0.15) is 101 Å². The number of imide groups is 1. The first-order valence-electron chi connectivity index (χ1n) is 11.0. The molecule has 0 saturated carbocycles. The largest absolute Gasteiger partial charge is 0.291 e. The lowest BCUT2D eigenvalue weighted by Crippen LogP contribution is -2.23. The van der Waals surface area contributed by atoms with Crippen LogP contribution in [0.25, 0.3) is 0 Å². The van der Waals surface area contributed by atoms with E-state index in [0.29, 0.717) is 23.7 Å². The third-order valence-corrected chi connectivity index (χ3v) is 7.16. The maximum Gasteiger partial charge on any atom is 0.291 e. The molecule has 168 valence electrons. The van der Waals surface area contributed by atoms with Crippen LogP contribution in [0.2, 0.25) is 0 Å². The maximum atomic E-state index is 12.8. The van der Waals surface area contributed by atoms with E-state index in [2.05, 4.69) is 85.0 Å². The second-order valence-corrected chi connectivity index (χ2v) is 11.0. The number of nitrogens with one attached hydrogen (secondary N) is 1. The number of carbonyl (C=O) groups excluding carboxylic acids is 2. The van der Waals surface area contributed by atoms with E-state index in [4.69, 9.17) is 0 Å². The molecule has 0 aliphatic carbocycles. The highest BCUT2D eigenvalue weighted by Crippen LogP contribution is 2.38. The molecule has 1 N–H and O–H groups in total. The number of carbonyl (C=O) groups is 2. The summed E-state index contributed by atoms with van der Waals surface area (Å²) < 4.78 is 0. The molecule has 2 aromatic carbocycles. The Hall–Kier alpha value is -1.72. The summed E-state index contributed by atoms with van der Waals surface area (Å²) in [5, 5.41) is 1.92. The van der Waals surface area contributed by atoms with Gasteiger partial charge in [-0.05, 0) is 69.4 Å². The van der Waals surface area contributed by atoms with Crippen LogP contribution in [0.4, 0.5) is 9.59 Å². The summed E-state index contributed by atoms with van der Waals surface area (Å²) in [6, 6.07) is 12.4. The molecule has 2 aromatic rings. The lowest BCUT2D eigenvalue weighted by molar-refractivity contribution is 0.250. The molecule has 0 saturated heterocycles. The fraction of sp³-hybridized carbons (Fsp3) is 0.462. The molecule has 2 amide bonds. The van der Waals surface area contributed by atoms with Gasteiger partial charge in [-0.25, -0.2) is 0 Å². The van der Waals surface area contributed by atoms with E-state index in [1.165, 1.54) is 0 Å². The van der Waals surface area contributed by atoms with Crippen LogP contribution < -0.4 is 5.32 Å². The Morgan fingerprint density at radius 2 is 0.839 bits per heavy atom. The summed E-state index contributed by atoms with van der Waals surface area (Å²) in [7, 11) is 0. The van der Waals surface area contributed by atoms with Gasteiger partial charge in [-0.3, -0.25) is 14.9 Å². The molecule has 3 nitrogen and oxygen atoms in total. The van der Waals surface area contributed by atoms with Crippen LogP contribution in [0.3, 0.4) is 0 Å². The Labute approximate surface area is 196 Å². The Bertz CT molecular complexity index is 805. The molecule has 2 rings (SSSR count). The van der Waals surface area contributed by atoms with E-state index >= 15 is 0 Å². The van der Waals surface area contributed by atoms with Crippen LogP contribution in [-0.4, -0.2) is 10.5 Å². The molecule has 0 atom stereocenters. The minimum absolute atomic E-state index is 0.297. The van der Waals surface area contributed by atoms with Crippen molar-refractivity contribution < 1.29 is 9.59 Å². The van der Waals surface area contributed by atoms with Gasteiger partial charge in [-0.1, -0.05) is 91.8 Å². The summed E-state index contributed by atoms with van der Waals surface area (Å²) in [5.41, 5.74) is 4.55. The fourth-order valence-corrected chi connectivity index (χ4v) is 5.93. The molecule has 0 bridgehead atoms. The van der Waals surface area contributed by atoms with Gasteiger partial charge in [-0.2, -0.15) is 0 Å². The molecular formula is C26H35NO2S2. The minimum atomic E-state index is -0.333. The minimum Gasteiger partial charge on any atom is -0.277 e. The number of thioether (sulfide) groups is 2. The van der Waals surface area contributed by atoms with Gasteiger partial charge in [-0.15, -0.1) is 0 Å². The Morgan fingerprint density at radius 3 is 1.06 bits per heavy atom. The molecule has 0 aliphatic heterocycles.